The van der Waals surface area contributed by atoms with E-state index in [0.29, 0.717) is 19.0 Å². The van der Waals surface area contributed by atoms with Gasteiger partial charge in [0, 0.05) is 40.3 Å². The van der Waals surface area contributed by atoms with Crippen LogP contribution < -0.4 is 0 Å². The van der Waals surface area contributed by atoms with Gasteiger partial charge in [0.15, 0.2) is 0 Å². The van der Waals surface area contributed by atoms with E-state index in [-0.39, 0.29) is 5.41 Å². The lowest BCUT2D eigenvalue weighted by molar-refractivity contribution is 0.0932. The molecular weight excluding hydrogens is 346 g/mol. The molecule has 0 N–H and O–H groups in total. The Labute approximate surface area is 159 Å². The van der Waals surface area contributed by atoms with Crippen LogP contribution in [0, 0.1) is 5.41 Å². The summed E-state index contributed by atoms with van der Waals surface area (Å²) in [6.45, 7) is 8.81. The predicted octanol–water partition coefficient (Wildman–Crippen LogP) is 2.90. The topological polar surface area (TPSA) is 43.9 Å². The normalized spacial score (nSPS) is 25.6. The fourth-order valence-corrected chi connectivity index (χ4v) is 5.59. The first-order chi connectivity index (χ1) is 12.2. The third-order valence-corrected chi connectivity index (χ3v) is 7.87. The van der Waals surface area contributed by atoms with Gasteiger partial charge in [-0.15, -0.1) is 0 Å². The van der Waals surface area contributed by atoms with Gasteiger partial charge >= 0.3 is 0 Å². The highest BCUT2D eigenvalue weighted by molar-refractivity contribution is 7.86. The maximum Gasteiger partial charge on any atom is 0.281 e. The number of rotatable bonds is 5. The molecular formula is C20H33N3O2S. The van der Waals surface area contributed by atoms with Crippen LogP contribution in [0.1, 0.15) is 50.2 Å². The van der Waals surface area contributed by atoms with E-state index in [1.54, 1.807) is 18.4 Å². The Morgan fingerprint density at radius 2 is 1.77 bits per heavy atom. The van der Waals surface area contributed by atoms with Crippen LogP contribution in [0.25, 0.3) is 0 Å². The minimum absolute atomic E-state index is 0.124. The van der Waals surface area contributed by atoms with Crippen molar-refractivity contribution < 1.29 is 8.42 Å². The van der Waals surface area contributed by atoms with Gasteiger partial charge in [-0.3, -0.25) is 4.90 Å². The Kier molecular flexibility index (Phi) is 5.78. The van der Waals surface area contributed by atoms with Crippen molar-refractivity contribution in [3.05, 3.63) is 35.4 Å². The first-order valence-electron chi connectivity index (χ1n) is 9.71. The van der Waals surface area contributed by atoms with Crippen LogP contribution in [0.5, 0.6) is 0 Å². The van der Waals surface area contributed by atoms with Crippen molar-refractivity contribution in [1.82, 2.24) is 13.5 Å². The van der Waals surface area contributed by atoms with Crippen molar-refractivity contribution >= 4 is 10.2 Å². The van der Waals surface area contributed by atoms with Crippen LogP contribution in [-0.4, -0.2) is 62.2 Å². The molecule has 1 atom stereocenters. The minimum Gasteiger partial charge on any atom is -0.298 e. The van der Waals surface area contributed by atoms with Crippen LogP contribution in [0.15, 0.2) is 24.3 Å². The molecule has 3 rings (SSSR count). The molecule has 2 aliphatic heterocycles. The van der Waals surface area contributed by atoms with Crippen LogP contribution in [0.2, 0.25) is 0 Å². The number of hydrogen-bond donors (Lipinski definition) is 0. The number of piperidine rings is 1. The Balaban J connectivity index is 1.64. The second-order valence-electron chi connectivity index (χ2n) is 8.58. The molecule has 0 amide bonds. The summed E-state index contributed by atoms with van der Waals surface area (Å²) in [5.41, 5.74) is 2.85. The molecule has 0 aliphatic carbocycles. The minimum atomic E-state index is -3.29. The van der Waals surface area contributed by atoms with E-state index in [9.17, 15) is 8.42 Å². The molecule has 2 aliphatic rings. The second kappa shape index (κ2) is 7.58. The summed E-state index contributed by atoms with van der Waals surface area (Å²) in [6, 6.07) is 8.96. The van der Waals surface area contributed by atoms with Crippen LogP contribution in [0.3, 0.4) is 0 Å². The first-order valence-corrected chi connectivity index (χ1v) is 11.1. The van der Waals surface area contributed by atoms with Gasteiger partial charge in [-0.1, -0.05) is 38.1 Å². The molecule has 2 saturated heterocycles. The molecule has 0 radical (unpaired) electrons. The van der Waals surface area contributed by atoms with Gasteiger partial charge in [0.1, 0.15) is 0 Å². The summed E-state index contributed by atoms with van der Waals surface area (Å²) in [5.74, 6) is 0.561. The van der Waals surface area contributed by atoms with Crippen LogP contribution in [0.4, 0.5) is 0 Å². The summed E-state index contributed by atoms with van der Waals surface area (Å²) in [7, 11) is -0.0544. The molecule has 1 aromatic rings. The Morgan fingerprint density at radius 3 is 2.38 bits per heavy atom. The summed E-state index contributed by atoms with van der Waals surface area (Å²) in [6.07, 6.45) is 3.26. The Bertz CT molecular complexity index is 715. The largest absolute Gasteiger partial charge is 0.298 e. The molecule has 0 saturated carbocycles. The van der Waals surface area contributed by atoms with E-state index in [1.807, 2.05) is 0 Å². The lowest BCUT2D eigenvalue weighted by atomic mass is 9.79. The molecule has 2 heterocycles. The van der Waals surface area contributed by atoms with Gasteiger partial charge in [-0.2, -0.15) is 17.0 Å². The van der Waals surface area contributed by atoms with E-state index < -0.39 is 10.2 Å². The SMILES string of the molecule is CC(C)c1ccc(CN2CCC[C@@]3(CCN(S(=O)(=O)N(C)C)C3)C2)cc1. The average molecular weight is 380 g/mol. The molecule has 6 heteroatoms. The average Bonchev–Trinajstić information content (AvgIpc) is 2.99. The van der Waals surface area contributed by atoms with Crippen molar-refractivity contribution in [3.63, 3.8) is 0 Å². The van der Waals surface area contributed by atoms with E-state index >= 15 is 0 Å². The third kappa shape index (κ3) is 4.14. The Hall–Kier alpha value is -0.950. The van der Waals surface area contributed by atoms with E-state index in [1.165, 1.54) is 15.4 Å². The molecule has 0 aromatic heterocycles. The van der Waals surface area contributed by atoms with Crippen molar-refractivity contribution in [2.24, 2.45) is 5.41 Å². The molecule has 146 valence electrons. The van der Waals surface area contributed by atoms with Gasteiger partial charge in [0.05, 0.1) is 0 Å². The van der Waals surface area contributed by atoms with Crippen molar-refractivity contribution in [3.8, 4) is 0 Å². The zero-order valence-electron chi connectivity index (χ0n) is 16.6. The molecule has 0 unspecified atom stereocenters. The third-order valence-electron chi connectivity index (χ3n) is 5.98. The molecule has 1 aromatic carbocycles. The fraction of sp³-hybridized carbons (Fsp3) is 0.700. The highest BCUT2D eigenvalue weighted by Crippen LogP contribution is 2.40. The lowest BCUT2D eigenvalue weighted by Gasteiger charge is -2.40. The molecule has 2 fully saturated rings. The van der Waals surface area contributed by atoms with Crippen LogP contribution >= 0.6 is 0 Å². The molecule has 5 nitrogen and oxygen atoms in total. The summed E-state index contributed by atoms with van der Waals surface area (Å²) >= 11 is 0. The van der Waals surface area contributed by atoms with Gasteiger partial charge in [0.25, 0.3) is 10.2 Å². The number of likely N-dealkylation sites (tertiary alicyclic amines) is 1. The smallest absolute Gasteiger partial charge is 0.281 e. The van der Waals surface area contributed by atoms with Gasteiger partial charge in [-0.05, 0) is 48.3 Å². The maximum absolute atomic E-state index is 12.5. The quantitative estimate of drug-likeness (QED) is 0.790. The predicted molar refractivity (Wildman–Crippen MR) is 106 cm³/mol. The Morgan fingerprint density at radius 1 is 1.08 bits per heavy atom. The standard InChI is InChI=1S/C20H33N3O2S/c1-17(2)19-8-6-18(7-9-19)14-22-12-5-10-20(15-22)11-13-23(16-20)26(24,25)21(3)4/h6-9,17H,5,10-16H2,1-4H3/t20-/m1/s1. The second-order valence-corrected chi connectivity index (χ2v) is 10.7. The molecule has 0 bridgehead atoms. The lowest BCUT2D eigenvalue weighted by Crippen LogP contribution is -2.46. The van der Waals surface area contributed by atoms with Gasteiger partial charge in [0.2, 0.25) is 0 Å². The maximum atomic E-state index is 12.5. The molecule has 1 spiro atoms. The highest BCUT2D eigenvalue weighted by Gasteiger charge is 2.45. The van der Waals surface area contributed by atoms with Gasteiger partial charge in [-0.25, -0.2) is 0 Å². The fourth-order valence-electron chi connectivity index (χ4n) is 4.37. The monoisotopic (exact) mass is 379 g/mol. The number of hydrogen-bond acceptors (Lipinski definition) is 3. The number of benzene rings is 1. The van der Waals surface area contributed by atoms with E-state index in [2.05, 4.69) is 43.0 Å². The first kappa shape index (κ1) is 19.8. The van der Waals surface area contributed by atoms with E-state index in [0.717, 1.165) is 38.9 Å². The van der Waals surface area contributed by atoms with Gasteiger partial charge < -0.3 is 0 Å². The van der Waals surface area contributed by atoms with E-state index in [4.69, 9.17) is 0 Å². The zero-order chi connectivity index (χ0) is 18.9. The zero-order valence-corrected chi connectivity index (χ0v) is 17.4. The summed E-state index contributed by atoms with van der Waals surface area (Å²) < 4.78 is 27.9. The highest BCUT2D eigenvalue weighted by atomic mass is 32.2. The number of nitrogens with zero attached hydrogens (tertiary/aromatic N) is 3. The van der Waals surface area contributed by atoms with Crippen molar-refractivity contribution in [2.45, 2.75) is 45.6 Å². The summed E-state index contributed by atoms with van der Waals surface area (Å²) in [5, 5.41) is 0. The molecule has 26 heavy (non-hydrogen) atoms. The van der Waals surface area contributed by atoms with Crippen molar-refractivity contribution in [1.29, 1.82) is 0 Å². The summed E-state index contributed by atoms with van der Waals surface area (Å²) in [4.78, 5) is 2.51. The van der Waals surface area contributed by atoms with Crippen LogP contribution in [-0.2, 0) is 16.8 Å². The van der Waals surface area contributed by atoms with Crippen molar-refractivity contribution in [2.75, 3.05) is 40.3 Å².